The number of ketones is 1. The summed E-state index contributed by atoms with van der Waals surface area (Å²) in [6, 6.07) is 11.3. The van der Waals surface area contributed by atoms with Gasteiger partial charge in [0.25, 0.3) is 0 Å². The number of aromatic nitrogens is 2. The van der Waals surface area contributed by atoms with E-state index in [2.05, 4.69) is 9.88 Å². The lowest BCUT2D eigenvalue weighted by atomic mass is 10.1. The van der Waals surface area contributed by atoms with Gasteiger partial charge in [-0.3, -0.25) is 14.2 Å². The fourth-order valence-corrected chi connectivity index (χ4v) is 4.18. The Labute approximate surface area is 180 Å². The highest BCUT2D eigenvalue weighted by Gasteiger charge is 2.20. The van der Waals surface area contributed by atoms with Gasteiger partial charge in [-0.05, 0) is 39.0 Å². The van der Waals surface area contributed by atoms with Crippen molar-refractivity contribution in [3.63, 3.8) is 0 Å². The van der Waals surface area contributed by atoms with E-state index in [4.69, 9.17) is 9.26 Å². The summed E-state index contributed by atoms with van der Waals surface area (Å²) in [6.07, 6.45) is -0.198. The number of rotatable bonds is 9. The number of hydrogen-bond donors (Lipinski definition) is 1. The van der Waals surface area contributed by atoms with Gasteiger partial charge in [0.2, 0.25) is 15.8 Å². The van der Waals surface area contributed by atoms with Crippen LogP contribution in [0.1, 0.15) is 33.9 Å². The van der Waals surface area contributed by atoms with Gasteiger partial charge in [-0.1, -0.05) is 23.4 Å². The summed E-state index contributed by atoms with van der Waals surface area (Å²) in [5.74, 6) is 0.171. The van der Waals surface area contributed by atoms with Crippen molar-refractivity contribution in [2.24, 2.45) is 0 Å². The van der Waals surface area contributed by atoms with Gasteiger partial charge in [0.15, 0.2) is 12.4 Å². The molecular weight excluding hydrogens is 422 g/mol. The van der Waals surface area contributed by atoms with E-state index in [1.165, 1.54) is 12.1 Å². The van der Waals surface area contributed by atoms with Crippen molar-refractivity contribution in [1.82, 2.24) is 14.4 Å². The highest BCUT2D eigenvalue weighted by atomic mass is 32.2. The largest absolute Gasteiger partial charge is 0.457 e. The van der Waals surface area contributed by atoms with Gasteiger partial charge >= 0.3 is 5.97 Å². The number of sulfonamides is 1. The number of nitrogens with one attached hydrogen (secondary N) is 1. The second-order valence-electron chi connectivity index (χ2n) is 6.96. The summed E-state index contributed by atoms with van der Waals surface area (Å²) in [4.78, 5) is 24.6. The van der Waals surface area contributed by atoms with Gasteiger partial charge in [-0.25, -0.2) is 13.1 Å². The Hall–Kier alpha value is -3.24. The first-order chi connectivity index (χ1) is 14.7. The number of nitrogens with zero attached hydrogens (tertiary/aromatic N) is 2. The van der Waals surface area contributed by atoms with E-state index in [1.54, 1.807) is 48.7 Å². The van der Waals surface area contributed by atoms with Crippen LogP contribution < -0.4 is 4.72 Å². The molecule has 0 aliphatic heterocycles. The van der Waals surface area contributed by atoms with E-state index in [0.29, 0.717) is 22.8 Å². The predicted octanol–water partition coefficient (Wildman–Crippen LogP) is 2.49. The summed E-state index contributed by atoms with van der Waals surface area (Å²) in [7, 11) is -3.70. The van der Waals surface area contributed by atoms with Crippen molar-refractivity contribution in [3.05, 3.63) is 65.2 Å². The van der Waals surface area contributed by atoms with Gasteiger partial charge in [0, 0.05) is 29.6 Å². The molecule has 0 fully saturated rings. The van der Waals surface area contributed by atoms with E-state index >= 15 is 0 Å². The van der Waals surface area contributed by atoms with Crippen LogP contribution in [0.15, 0.2) is 51.9 Å². The molecule has 0 aliphatic carbocycles. The molecule has 0 amide bonds. The average molecular weight is 445 g/mol. The van der Waals surface area contributed by atoms with Crippen LogP contribution >= 0.6 is 0 Å². The maximum Gasteiger partial charge on any atom is 0.307 e. The van der Waals surface area contributed by atoms with Crippen LogP contribution in [0.5, 0.6) is 0 Å². The van der Waals surface area contributed by atoms with Crippen molar-refractivity contribution in [3.8, 4) is 5.82 Å². The topological polar surface area (TPSA) is 120 Å². The minimum absolute atomic E-state index is 0.108. The lowest BCUT2D eigenvalue weighted by molar-refractivity contribution is -0.142. The molecule has 0 aliphatic rings. The van der Waals surface area contributed by atoms with Crippen molar-refractivity contribution >= 4 is 21.8 Å². The Balaban J connectivity index is 1.53. The zero-order valence-corrected chi connectivity index (χ0v) is 18.2. The molecule has 9 nitrogen and oxygen atoms in total. The van der Waals surface area contributed by atoms with Crippen LogP contribution in [0.2, 0.25) is 0 Å². The van der Waals surface area contributed by atoms with Crippen LogP contribution in [0.4, 0.5) is 0 Å². The maximum atomic E-state index is 12.5. The number of esters is 1. The molecule has 2 aromatic heterocycles. The van der Waals surface area contributed by atoms with Crippen molar-refractivity contribution in [2.75, 3.05) is 13.2 Å². The van der Waals surface area contributed by atoms with Crippen LogP contribution in [0.3, 0.4) is 0 Å². The Morgan fingerprint density at radius 1 is 1.13 bits per heavy atom. The van der Waals surface area contributed by atoms with Crippen LogP contribution in [-0.2, 0) is 19.6 Å². The molecule has 0 saturated heterocycles. The molecule has 0 bridgehead atoms. The third-order valence-electron chi connectivity index (χ3n) is 4.62. The van der Waals surface area contributed by atoms with Crippen molar-refractivity contribution in [1.29, 1.82) is 0 Å². The molecule has 1 N–H and O–H groups in total. The van der Waals surface area contributed by atoms with Gasteiger partial charge in [0.1, 0.15) is 5.76 Å². The van der Waals surface area contributed by atoms with Crippen LogP contribution in [0.25, 0.3) is 5.82 Å². The van der Waals surface area contributed by atoms with Gasteiger partial charge < -0.3 is 9.26 Å². The summed E-state index contributed by atoms with van der Waals surface area (Å²) < 4.78 is 38.5. The highest BCUT2D eigenvalue weighted by molar-refractivity contribution is 7.89. The first-order valence-corrected chi connectivity index (χ1v) is 11.0. The standard InChI is InChI=1S/C21H23N3O6S/c1-14-11-18(16(3)24(14)20-12-15(2)30-23-20)19(25)13-29-21(26)9-10-22-31(27,28)17-7-5-4-6-8-17/h4-8,11-12,22H,9-10,13H2,1-3H3. The third kappa shape index (κ3) is 5.28. The van der Waals surface area contributed by atoms with E-state index in [0.717, 1.165) is 5.69 Å². The first-order valence-electron chi connectivity index (χ1n) is 9.55. The number of carbonyl (C=O) groups excluding carboxylic acids is 2. The lowest BCUT2D eigenvalue weighted by Crippen LogP contribution is -2.27. The second kappa shape index (κ2) is 9.27. The fourth-order valence-electron chi connectivity index (χ4n) is 3.12. The summed E-state index contributed by atoms with van der Waals surface area (Å²) in [5.41, 5.74) is 1.86. The lowest BCUT2D eigenvalue weighted by Gasteiger charge is -2.07. The Morgan fingerprint density at radius 2 is 1.84 bits per heavy atom. The Bertz CT molecular complexity index is 1200. The summed E-state index contributed by atoms with van der Waals surface area (Å²) in [5, 5.41) is 3.97. The molecule has 3 aromatic rings. The fraction of sp³-hybridized carbons (Fsp3) is 0.286. The molecule has 0 spiro atoms. The van der Waals surface area contributed by atoms with E-state index < -0.39 is 22.6 Å². The molecular formula is C21H23N3O6S. The van der Waals surface area contributed by atoms with E-state index in [9.17, 15) is 18.0 Å². The zero-order valence-electron chi connectivity index (χ0n) is 17.4. The number of carbonyl (C=O) groups is 2. The van der Waals surface area contributed by atoms with Crippen molar-refractivity contribution in [2.45, 2.75) is 32.1 Å². The average Bonchev–Trinajstić information content (AvgIpc) is 3.28. The number of aryl methyl sites for hydroxylation is 2. The molecule has 0 radical (unpaired) electrons. The minimum Gasteiger partial charge on any atom is -0.457 e. The third-order valence-corrected chi connectivity index (χ3v) is 6.09. The van der Waals surface area contributed by atoms with Crippen LogP contribution in [-0.4, -0.2) is 43.0 Å². The first kappa shape index (κ1) is 22.4. The molecule has 1 aromatic carbocycles. The molecule has 2 heterocycles. The second-order valence-corrected chi connectivity index (χ2v) is 8.73. The molecule has 31 heavy (non-hydrogen) atoms. The maximum absolute atomic E-state index is 12.5. The van der Waals surface area contributed by atoms with Gasteiger partial charge in [0.05, 0.1) is 11.3 Å². The molecule has 0 atom stereocenters. The number of Topliss-reactive ketones (excluding diaryl/α,β-unsaturated/α-hetero) is 1. The van der Waals surface area contributed by atoms with Gasteiger partial charge in [-0.2, -0.15) is 0 Å². The SMILES string of the molecule is Cc1cc(-n2c(C)cc(C(=O)COC(=O)CCNS(=O)(=O)c3ccccc3)c2C)no1. The smallest absolute Gasteiger partial charge is 0.307 e. The molecule has 164 valence electrons. The minimum atomic E-state index is -3.70. The molecule has 10 heteroatoms. The highest BCUT2D eigenvalue weighted by Crippen LogP contribution is 2.21. The summed E-state index contributed by atoms with van der Waals surface area (Å²) >= 11 is 0. The predicted molar refractivity (Wildman–Crippen MR) is 112 cm³/mol. The number of ether oxygens (including phenoxy) is 1. The molecule has 0 saturated carbocycles. The Morgan fingerprint density at radius 3 is 2.48 bits per heavy atom. The quantitative estimate of drug-likeness (QED) is 0.397. The van der Waals surface area contributed by atoms with Gasteiger partial charge in [-0.15, -0.1) is 0 Å². The van der Waals surface area contributed by atoms with Crippen LogP contribution in [0, 0.1) is 20.8 Å². The Kier molecular flexibility index (Phi) is 6.71. The van der Waals surface area contributed by atoms with Crippen molar-refractivity contribution < 1.29 is 27.3 Å². The van der Waals surface area contributed by atoms with E-state index in [1.807, 2.05) is 6.92 Å². The monoisotopic (exact) mass is 445 g/mol. The molecule has 3 rings (SSSR count). The normalized spacial score (nSPS) is 11.5. The number of hydrogen-bond acceptors (Lipinski definition) is 7. The molecule has 0 unspecified atom stereocenters. The number of benzene rings is 1. The zero-order chi connectivity index (χ0) is 22.6. The summed E-state index contributed by atoms with van der Waals surface area (Å²) in [6.45, 7) is 4.80. The van der Waals surface area contributed by atoms with E-state index in [-0.39, 0.29) is 23.6 Å².